The predicted molar refractivity (Wildman–Crippen MR) is 85.1 cm³/mol. The van der Waals surface area contributed by atoms with Crippen LogP contribution in [0.1, 0.15) is 18.9 Å². The molecule has 0 amide bonds. The van der Waals surface area contributed by atoms with Gasteiger partial charge in [0.1, 0.15) is 6.33 Å². The monoisotopic (exact) mass is 309 g/mol. The molecule has 0 atom stereocenters. The highest BCUT2D eigenvalue weighted by Crippen LogP contribution is 2.11. The first-order valence-corrected chi connectivity index (χ1v) is 7.14. The lowest BCUT2D eigenvalue weighted by atomic mass is 10.2. The normalized spacial score (nSPS) is 10.3. The van der Waals surface area contributed by atoms with Gasteiger partial charge in [0.2, 0.25) is 5.95 Å². The minimum Gasteiger partial charge on any atom is -0.362 e. The van der Waals surface area contributed by atoms with Gasteiger partial charge in [-0.25, -0.2) is 9.67 Å². The number of hydrogen-bond donors (Lipinski definition) is 2. The second-order valence-corrected chi connectivity index (χ2v) is 5.12. The Morgan fingerprint density at radius 2 is 2.30 bits per heavy atom. The summed E-state index contributed by atoms with van der Waals surface area (Å²) in [5.41, 5.74) is 1.07. The Kier molecular flexibility index (Phi) is 5.31. The molecule has 7 heteroatoms. The van der Waals surface area contributed by atoms with Gasteiger partial charge in [0.15, 0.2) is 5.11 Å². The smallest absolute Gasteiger partial charge is 0.248 e. The number of nitrogens with zero attached hydrogens (tertiary/aromatic N) is 3. The number of nitrogens with one attached hydrogen (secondary N) is 2. The molecule has 106 valence electrons. The van der Waals surface area contributed by atoms with E-state index in [1.165, 1.54) is 0 Å². The van der Waals surface area contributed by atoms with Crippen LogP contribution in [0.3, 0.4) is 0 Å². The molecule has 0 aliphatic carbocycles. The van der Waals surface area contributed by atoms with Gasteiger partial charge in [-0.05, 0) is 36.3 Å². The van der Waals surface area contributed by atoms with Crippen LogP contribution in [-0.2, 0) is 6.54 Å². The van der Waals surface area contributed by atoms with Crippen LogP contribution in [0.25, 0.3) is 0 Å². The van der Waals surface area contributed by atoms with Crippen molar-refractivity contribution in [1.82, 2.24) is 20.1 Å². The molecule has 0 aliphatic rings. The van der Waals surface area contributed by atoms with Gasteiger partial charge in [-0.15, -0.1) is 5.10 Å². The molecule has 1 heterocycles. The second kappa shape index (κ2) is 7.21. The van der Waals surface area contributed by atoms with Crippen LogP contribution in [0.5, 0.6) is 0 Å². The summed E-state index contributed by atoms with van der Waals surface area (Å²) in [4.78, 5) is 4.16. The molecule has 0 saturated heterocycles. The van der Waals surface area contributed by atoms with Crippen LogP contribution < -0.4 is 10.6 Å². The van der Waals surface area contributed by atoms with Crippen molar-refractivity contribution in [3.05, 3.63) is 41.2 Å². The van der Waals surface area contributed by atoms with E-state index >= 15 is 0 Å². The fourth-order valence-corrected chi connectivity index (χ4v) is 2.04. The summed E-state index contributed by atoms with van der Waals surface area (Å²) in [5.74, 6) is 0.487. The first-order valence-electron chi connectivity index (χ1n) is 6.36. The lowest BCUT2D eigenvalue weighted by Gasteiger charge is -2.05. The Bertz CT molecular complexity index is 584. The third-order valence-corrected chi connectivity index (χ3v) is 3.01. The Hall–Kier alpha value is -1.66. The molecule has 2 N–H and O–H groups in total. The Labute approximate surface area is 128 Å². The highest BCUT2D eigenvalue weighted by atomic mass is 35.5. The fourth-order valence-electron chi connectivity index (χ4n) is 1.63. The summed E-state index contributed by atoms with van der Waals surface area (Å²) < 4.78 is 1.73. The fraction of sp³-hybridized carbons (Fsp3) is 0.308. The minimum atomic E-state index is 0.487. The maximum Gasteiger partial charge on any atom is 0.248 e. The molecule has 1 aromatic heterocycles. The van der Waals surface area contributed by atoms with E-state index in [1.807, 2.05) is 24.3 Å². The number of thiocarbonyl (C=S) groups is 1. The van der Waals surface area contributed by atoms with Crippen molar-refractivity contribution in [3.8, 4) is 0 Å². The highest BCUT2D eigenvalue weighted by molar-refractivity contribution is 7.80. The molecule has 0 aliphatic heterocycles. The van der Waals surface area contributed by atoms with Crippen molar-refractivity contribution in [3.63, 3.8) is 0 Å². The zero-order valence-corrected chi connectivity index (χ0v) is 12.7. The molecule has 0 saturated carbocycles. The van der Waals surface area contributed by atoms with Crippen molar-refractivity contribution in [2.45, 2.75) is 19.9 Å². The first kappa shape index (κ1) is 14.7. The van der Waals surface area contributed by atoms with E-state index in [0.717, 1.165) is 18.5 Å². The zero-order valence-electron chi connectivity index (χ0n) is 11.1. The standard InChI is InChI=1S/C13H16ClN5S/c1-2-6-15-13(20)17-12-16-9-19(18-12)8-10-4-3-5-11(14)7-10/h3-5,7,9H,2,6,8H2,1H3,(H2,15,17,18,20). The summed E-state index contributed by atoms with van der Waals surface area (Å²) in [6.45, 7) is 3.52. The summed E-state index contributed by atoms with van der Waals surface area (Å²) in [5, 5.41) is 11.6. The Morgan fingerprint density at radius 1 is 1.45 bits per heavy atom. The van der Waals surface area contributed by atoms with Crippen LogP contribution in [-0.4, -0.2) is 26.4 Å². The average molecular weight is 310 g/mol. The number of aromatic nitrogens is 3. The van der Waals surface area contributed by atoms with E-state index in [0.29, 0.717) is 22.6 Å². The van der Waals surface area contributed by atoms with E-state index in [1.54, 1.807) is 11.0 Å². The van der Waals surface area contributed by atoms with Crippen LogP contribution in [0, 0.1) is 0 Å². The quantitative estimate of drug-likeness (QED) is 0.832. The molecule has 2 rings (SSSR count). The summed E-state index contributed by atoms with van der Waals surface area (Å²) in [6.07, 6.45) is 2.67. The highest BCUT2D eigenvalue weighted by Gasteiger charge is 2.03. The Morgan fingerprint density at radius 3 is 3.05 bits per heavy atom. The SMILES string of the molecule is CCCNC(=S)Nc1ncn(Cc2cccc(Cl)c2)n1. The van der Waals surface area contributed by atoms with E-state index in [9.17, 15) is 0 Å². The van der Waals surface area contributed by atoms with Crippen molar-refractivity contribution in [2.24, 2.45) is 0 Å². The Balaban J connectivity index is 1.93. The molecule has 0 radical (unpaired) electrons. The van der Waals surface area contributed by atoms with Gasteiger partial charge in [0.05, 0.1) is 6.54 Å². The third-order valence-electron chi connectivity index (χ3n) is 2.53. The van der Waals surface area contributed by atoms with E-state index in [4.69, 9.17) is 23.8 Å². The van der Waals surface area contributed by atoms with Crippen molar-refractivity contribution in [1.29, 1.82) is 0 Å². The molecule has 1 aromatic carbocycles. The molecule has 0 spiro atoms. The van der Waals surface area contributed by atoms with Gasteiger partial charge in [0, 0.05) is 11.6 Å². The summed E-state index contributed by atoms with van der Waals surface area (Å²) >= 11 is 11.1. The van der Waals surface area contributed by atoms with Crippen LogP contribution in [0.4, 0.5) is 5.95 Å². The van der Waals surface area contributed by atoms with Gasteiger partial charge in [-0.2, -0.15) is 0 Å². The molecular weight excluding hydrogens is 294 g/mol. The lowest BCUT2D eigenvalue weighted by molar-refractivity contribution is 0.687. The van der Waals surface area contributed by atoms with Crippen LogP contribution in [0.2, 0.25) is 5.02 Å². The average Bonchev–Trinajstić information content (AvgIpc) is 2.83. The molecule has 2 aromatic rings. The summed E-state index contributed by atoms with van der Waals surface area (Å²) in [7, 11) is 0. The first-order chi connectivity index (χ1) is 9.67. The topological polar surface area (TPSA) is 54.8 Å². The van der Waals surface area contributed by atoms with E-state index < -0.39 is 0 Å². The predicted octanol–water partition coefficient (Wildman–Crippen LogP) is 2.68. The number of hydrogen-bond acceptors (Lipinski definition) is 3. The minimum absolute atomic E-state index is 0.487. The van der Waals surface area contributed by atoms with E-state index in [2.05, 4.69) is 27.6 Å². The number of benzene rings is 1. The van der Waals surface area contributed by atoms with Gasteiger partial charge in [0.25, 0.3) is 0 Å². The zero-order chi connectivity index (χ0) is 14.4. The molecule has 0 fully saturated rings. The number of rotatable bonds is 5. The maximum atomic E-state index is 5.95. The van der Waals surface area contributed by atoms with Crippen LogP contribution in [0.15, 0.2) is 30.6 Å². The molecular formula is C13H16ClN5S. The van der Waals surface area contributed by atoms with Crippen LogP contribution >= 0.6 is 23.8 Å². The molecule has 20 heavy (non-hydrogen) atoms. The van der Waals surface area contributed by atoms with Crippen molar-refractivity contribution in [2.75, 3.05) is 11.9 Å². The van der Waals surface area contributed by atoms with Crippen molar-refractivity contribution >= 4 is 34.9 Å². The van der Waals surface area contributed by atoms with Gasteiger partial charge in [-0.3, -0.25) is 5.32 Å². The molecule has 0 unspecified atom stereocenters. The molecule has 5 nitrogen and oxygen atoms in total. The second-order valence-electron chi connectivity index (χ2n) is 4.28. The lowest BCUT2D eigenvalue weighted by Crippen LogP contribution is -2.29. The number of halogens is 1. The van der Waals surface area contributed by atoms with Gasteiger partial charge in [-0.1, -0.05) is 30.7 Å². The largest absolute Gasteiger partial charge is 0.362 e. The van der Waals surface area contributed by atoms with E-state index in [-0.39, 0.29) is 0 Å². The molecule has 0 bridgehead atoms. The van der Waals surface area contributed by atoms with Crippen molar-refractivity contribution < 1.29 is 0 Å². The maximum absolute atomic E-state index is 5.95. The summed E-state index contributed by atoms with van der Waals surface area (Å²) in [6, 6.07) is 7.66. The van der Waals surface area contributed by atoms with Gasteiger partial charge < -0.3 is 5.32 Å². The van der Waals surface area contributed by atoms with Gasteiger partial charge >= 0.3 is 0 Å². The third kappa shape index (κ3) is 4.47. The number of anilines is 1.